The Balaban J connectivity index is 2.49. The molecule has 0 bridgehead atoms. The van der Waals surface area contributed by atoms with Crippen LogP contribution in [0.3, 0.4) is 0 Å². The minimum Gasteiger partial charge on any atom is -0.453 e. The molecular weight excluding hydrogens is 374 g/mol. The molecule has 0 unspecified atom stereocenters. The molecular formula is C20H33N5O4. The Morgan fingerprint density at radius 3 is 2.14 bits per heavy atom. The number of aliphatic imine (C=N–C) groups is 1. The molecule has 1 aromatic carbocycles. The summed E-state index contributed by atoms with van der Waals surface area (Å²) in [6.07, 6.45) is -0.976. The zero-order chi connectivity index (χ0) is 22.1. The topological polar surface area (TPSA) is 113 Å². The van der Waals surface area contributed by atoms with Gasteiger partial charge in [-0.25, -0.2) is 9.59 Å². The van der Waals surface area contributed by atoms with E-state index in [1.54, 1.807) is 19.2 Å². The number of rotatable bonds is 6. The summed E-state index contributed by atoms with van der Waals surface area (Å²) in [5.74, 6) is 0.598. The molecule has 0 aliphatic carbocycles. The van der Waals surface area contributed by atoms with Crippen molar-refractivity contribution in [2.75, 3.05) is 26.0 Å². The van der Waals surface area contributed by atoms with Gasteiger partial charge in [0, 0.05) is 25.8 Å². The van der Waals surface area contributed by atoms with Crippen LogP contribution in [0.2, 0.25) is 0 Å². The number of benzene rings is 1. The Kier molecular flexibility index (Phi) is 8.75. The third-order valence-electron chi connectivity index (χ3n) is 3.61. The van der Waals surface area contributed by atoms with Crippen LogP contribution in [0.15, 0.2) is 29.3 Å². The molecule has 0 aliphatic rings. The highest BCUT2D eigenvalue weighted by Crippen LogP contribution is 2.10. The number of carbonyl (C=O) groups is 2. The van der Waals surface area contributed by atoms with Crippen molar-refractivity contribution >= 4 is 23.8 Å². The number of carbonyl (C=O) groups excluding carboxylic acids is 2. The predicted octanol–water partition coefficient (Wildman–Crippen LogP) is 2.83. The van der Waals surface area contributed by atoms with Crippen LogP contribution in [0.25, 0.3) is 0 Å². The molecule has 1 aromatic rings. The first kappa shape index (κ1) is 24.1. The lowest BCUT2D eigenvalue weighted by molar-refractivity contribution is 0.0474. The first-order valence-corrected chi connectivity index (χ1v) is 9.34. The van der Waals surface area contributed by atoms with E-state index in [2.05, 4.69) is 31.0 Å². The first-order chi connectivity index (χ1) is 13.4. The molecule has 2 amide bonds. The van der Waals surface area contributed by atoms with E-state index in [0.29, 0.717) is 24.7 Å². The van der Waals surface area contributed by atoms with E-state index in [0.717, 1.165) is 5.56 Å². The number of methoxy groups -OCH3 is 1. The standard InChI is InChI=1S/C20H33N5O4/c1-19(2,3)29-18(27)25-20(4,5)13-23-16(21-6)22-12-14-8-10-15(11-9-14)24-17(26)28-7/h8-11H,12-13H2,1-7H3,(H,24,26)(H,25,27)(H2,21,22,23). The Morgan fingerprint density at radius 2 is 1.62 bits per heavy atom. The first-order valence-electron chi connectivity index (χ1n) is 9.34. The lowest BCUT2D eigenvalue weighted by Gasteiger charge is -2.29. The molecule has 0 fully saturated rings. The number of hydrogen-bond donors (Lipinski definition) is 4. The van der Waals surface area contributed by atoms with Crippen LogP contribution in [-0.4, -0.2) is 50.0 Å². The van der Waals surface area contributed by atoms with Crippen LogP contribution >= 0.6 is 0 Å². The number of nitrogens with zero attached hydrogens (tertiary/aromatic N) is 1. The fourth-order valence-corrected chi connectivity index (χ4v) is 2.21. The Hall–Kier alpha value is -2.97. The largest absolute Gasteiger partial charge is 0.453 e. The molecule has 9 nitrogen and oxygen atoms in total. The van der Waals surface area contributed by atoms with Crippen molar-refractivity contribution in [3.05, 3.63) is 29.8 Å². The fraction of sp³-hybridized carbons (Fsp3) is 0.550. The maximum Gasteiger partial charge on any atom is 0.411 e. The van der Waals surface area contributed by atoms with Gasteiger partial charge in [-0.15, -0.1) is 0 Å². The molecule has 0 radical (unpaired) electrons. The van der Waals surface area contributed by atoms with E-state index in [4.69, 9.17) is 4.74 Å². The molecule has 0 aliphatic heterocycles. The fourth-order valence-electron chi connectivity index (χ4n) is 2.21. The van der Waals surface area contributed by atoms with Gasteiger partial charge in [-0.1, -0.05) is 12.1 Å². The van der Waals surface area contributed by atoms with E-state index in [9.17, 15) is 9.59 Å². The van der Waals surface area contributed by atoms with Gasteiger partial charge in [-0.3, -0.25) is 10.3 Å². The monoisotopic (exact) mass is 407 g/mol. The van der Waals surface area contributed by atoms with Gasteiger partial charge >= 0.3 is 12.2 Å². The van der Waals surface area contributed by atoms with Crippen LogP contribution in [0.1, 0.15) is 40.2 Å². The van der Waals surface area contributed by atoms with E-state index >= 15 is 0 Å². The summed E-state index contributed by atoms with van der Waals surface area (Å²) < 4.78 is 9.85. The van der Waals surface area contributed by atoms with Crippen molar-refractivity contribution in [2.24, 2.45) is 4.99 Å². The second-order valence-electron chi connectivity index (χ2n) is 8.10. The minimum atomic E-state index is -0.549. The number of alkyl carbamates (subject to hydrolysis) is 1. The molecule has 0 spiro atoms. The van der Waals surface area contributed by atoms with Crippen LogP contribution in [0.5, 0.6) is 0 Å². The summed E-state index contributed by atoms with van der Waals surface area (Å²) in [5.41, 5.74) is 0.571. The van der Waals surface area contributed by atoms with E-state index in [-0.39, 0.29) is 0 Å². The number of ether oxygens (including phenoxy) is 2. The van der Waals surface area contributed by atoms with Crippen molar-refractivity contribution in [2.45, 2.75) is 52.3 Å². The minimum absolute atomic E-state index is 0.452. The van der Waals surface area contributed by atoms with Crippen LogP contribution in [0, 0.1) is 0 Å². The van der Waals surface area contributed by atoms with Crippen molar-refractivity contribution in [3.63, 3.8) is 0 Å². The van der Waals surface area contributed by atoms with E-state index in [1.807, 2.05) is 46.8 Å². The third kappa shape index (κ3) is 10.2. The predicted molar refractivity (Wildman–Crippen MR) is 114 cm³/mol. The van der Waals surface area contributed by atoms with Crippen LogP contribution in [-0.2, 0) is 16.0 Å². The zero-order valence-electron chi connectivity index (χ0n) is 18.3. The van der Waals surface area contributed by atoms with E-state index in [1.165, 1.54) is 7.11 Å². The van der Waals surface area contributed by atoms with Gasteiger partial charge in [0.1, 0.15) is 5.60 Å². The van der Waals surface area contributed by atoms with Crippen molar-refractivity contribution in [1.29, 1.82) is 0 Å². The number of guanidine groups is 1. The van der Waals surface area contributed by atoms with Gasteiger partial charge in [0.2, 0.25) is 0 Å². The van der Waals surface area contributed by atoms with E-state index < -0.39 is 23.3 Å². The van der Waals surface area contributed by atoms with Gasteiger partial charge in [0.15, 0.2) is 5.96 Å². The van der Waals surface area contributed by atoms with Crippen molar-refractivity contribution in [3.8, 4) is 0 Å². The number of hydrogen-bond acceptors (Lipinski definition) is 5. The second kappa shape index (κ2) is 10.5. The maximum absolute atomic E-state index is 12.0. The lowest BCUT2D eigenvalue weighted by atomic mass is 10.1. The number of nitrogens with one attached hydrogen (secondary N) is 4. The average Bonchev–Trinajstić information content (AvgIpc) is 2.60. The second-order valence-corrected chi connectivity index (χ2v) is 8.10. The number of amides is 2. The van der Waals surface area contributed by atoms with Crippen LogP contribution < -0.4 is 21.3 Å². The van der Waals surface area contributed by atoms with Gasteiger partial charge in [-0.2, -0.15) is 0 Å². The molecule has 162 valence electrons. The van der Waals surface area contributed by atoms with Gasteiger partial charge in [0.05, 0.1) is 12.6 Å². The number of anilines is 1. The molecule has 1 rings (SSSR count). The highest BCUT2D eigenvalue weighted by molar-refractivity contribution is 5.84. The van der Waals surface area contributed by atoms with Crippen molar-refractivity contribution in [1.82, 2.24) is 16.0 Å². The maximum atomic E-state index is 12.0. The summed E-state index contributed by atoms with van der Waals surface area (Å²) in [6.45, 7) is 10.2. The van der Waals surface area contributed by atoms with Crippen molar-refractivity contribution < 1.29 is 19.1 Å². The van der Waals surface area contributed by atoms with Gasteiger partial charge in [-0.05, 0) is 52.3 Å². The molecule has 0 saturated heterocycles. The van der Waals surface area contributed by atoms with Gasteiger partial charge in [0.25, 0.3) is 0 Å². The highest BCUT2D eigenvalue weighted by Gasteiger charge is 2.24. The molecule has 0 aromatic heterocycles. The van der Waals surface area contributed by atoms with Crippen LogP contribution in [0.4, 0.5) is 15.3 Å². The highest BCUT2D eigenvalue weighted by atomic mass is 16.6. The SMILES string of the molecule is CN=C(NCc1ccc(NC(=O)OC)cc1)NCC(C)(C)NC(=O)OC(C)(C)C. The molecule has 29 heavy (non-hydrogen) atoms. The molecule has 0 heterocycles. The quantitative estimate of drug-likeness (QED) is 0.426. The van der Waals surface area contributed by atoms with Gasteiger partial charge < -0.3 is 25.4 Å². The molecule has 9 heteroatoms. The zero-order valence-corrected chi connectivity index (χ0v) is 18.3. The Labute approximate surface area is 172 Å². The lowest BCUT2D eigenvalue weighted by Crippen LogP contribution is -2.54. The normalized spacial score (nSPS) is 12.0. The summed E-state index contributed by atoms with van der Waals surface area (Å²) in [5, 5.41) is 11.8. The molecule has 0 saturated carbocycles. The Bertz CT molecular complexity index is 709. The average molecular weight is 408 g/mol. The Morgan fingerprint density at radius 1 is 1.00 bits per heavy atom. The molecule has 0 atom stereocenters. The molecule has 4 N–H and O–H groups in total. The summed E-state index contributed by atoms with van der Waals surface area (Å²) >= 11 is 0. The summed E-state index contributed by atoms with van der Waals surface area (Å²) in [6, 6.07) is 7.36. The summed E-state index contributed by atoms with van der Waals surface area (Å²) in [4.78, 5) is 27.4. The third-order valence-corrected chi connectivity index (χ3v) is 3.61. The smallest absolute Gasteiger partial charge is 0.411 e. The summed E-state index contributed by atoms with van der Waals surface area (Å²) in [7, 11) is 2.99.